The maximum atomic E-state index is 11.2. The van der Waals surface area contributed by atoms with Gasteiger partial charge < -0.3 is 14.4 Å². The van der Waals surface area contributed by atoms with E-state index in [2.05, 4.69) is 15.9 Å². The van der Waals surface area contributed by atoms with Crippen molar-refractivity contribution < 1.29 is 14.6 Å². The zero-order valence-electron chi connectivity index (χ0n) is 13.4. The molecule has 6 heteroatoms. The number of benzene rings is 2. The minimum absolute atomic E-state index is 0.295. The summed E-state index contributed by atoms with van der Waals surface area (Å²) >= 11 is 9.48. The Labute approximate surface area is 158 Å². The van der Waals surface area contributed by atoms with E-state index in [0.29, 0.717) is 17.4 Å². The first-order chi connectivity index (χ1) is 12.0. The van der Waals surface area contributed by atoms with E-state index in [1.165, 1.54) is 0 Å². The van der Waals surface area contributed by atoms with Crippen LogP contribution in [-0.4, -0.2) is 15.8 Å². The summed E-state index contributed by atoms with van der Waals surface area (Å²) in [6, 6.07) is 15.0. The Morgan fingerprint density at radius 2 is 1.88 bits per heavy atom. The van der Waals surface area contributed by atoms with E-state index < -0.39 is 6.16 Å². The summed E-state index contributed by atoms with van der Waals surface area (Å²) in [5, 5.41) is 9.79. The standard InChI is InChI=1S/C19H15BrClNO3/c1-12-10-22(11-14-4-2-3-5-16(14)20)18(25-19(23)24)17(12)13-6-8-15(21)9-7-13/h2-10H,11H2,1H3,(H,23,24). The molecule has 25 heavy (non-hydrogen) atoms. The molecule has 4 nitrogen and oxygen atoms in total. The lowest BCUT2D eigenvalue weighted by Gasteiger charge is -2.11. The smallest absolute Gasteiger partial charge is 0.449 e. The van der Waals surface area contributed by atoms with E-state index >= 15 is 0 Å². The summed E-state index contributed by atoms with van der Waals surface area (Å²) in [7, 11) is 0. The SMILES string of the molecule is Cc1cn(Cc2ccccc2Br)c(OC(=O)O)c1-c1ccc(Cl)cc1. The Hall–Kier alpha value is -2.24. The first kappa shape index (κ1) is 17.6. The van der Waals surface area contributed by atoms with Crippen molar-refractivity contribution in [3.63, 3.8) is 0 Å². The molecular formula is C19H15BrClNO3. The van der Waals surface area contributed by atoms with Gasteiger partial charge in [0, 0.05) is 21.3 Å². The average molecular weight is 421 g/mol. The lowest BCUT2D eigenvalue weighted by Crippen LogP contribution is -2.09. The van der Waals surface area contributed by atoms with Crippen molar-refractivity contribution in [1.29, 1.82) is 0 Å². The van der Waals surface area contributed by atoms with Crippen LogP contribution >= 0.6 is 27.5 Å². The van der Waals surface area contributed by atoms with Crippen molar-refractivity contribution in [3.05, 3.63) is 75.4 Å². The monoisotopic (exact) mass is 419 g/mol. The van der Waals surface area contributed by atoms with Crippen LogP contribution in [0.2, 0.25) is 5.02 Å². The van der Waals surface area contributed by atoms with Crippen LogP contribution in [0.5, 0.6) is 5.88 Å². The second kappa shape index (κ2) is 7.33. The van der Waals surface area contributed by atoms with Crippen molar-refractivity contribution in [2.45, 2.75) is 13.5 Å². The number of hydrogen-bond acceptors (Lipinski definition) is 2. The van der Waals surface area contributed by atoms with Gasteiger partial charge in [0.2, 0.25) is 5.88 Å². The molecule has 2 aromatic carbocycles. The van der Waals surface area contributed by atoms with E-state index in [9.17, 15) is 9.90 Å². The van der Waals surface area contributed by atoms with E-state index in [-0.39, 0.29) is 0 Å². The van der Waals surface area contributed by atoms with Gasteiger partial charge in [0.05, 0.1) is 6.54 Å². The van der Waals surface area contributed by atoms with Crippen LogP contribution in [0.4, 0.5) is 4.79 Å². The molecule has 0 amide bonds. The largest absolute Gasteiger partial charge is 0.512 e. The summed E-state index contributed by atoms with van der Waals surface area (Å²) in [5.41, 5.74) is 3.54. The predicted molar refractivity (Wildman–Crippen MR) is 102 cm³/mol. The summed E-state index contributed by atoms with van der Waals surface area (Å²) in [6.45, 7) is 2.41. The minimum Gasteiger partial charge on any atom is -0.449 e. The highest BCUT2D eigenvalue weighted by Crippen LogP contribution is 2.36. The van der Waals surface area contributed by atoms with Crippen LogP contribution in [0.25, 0.3) is 11.1 Å². The van der Waals surface area contributed by atoms with E-state index in [1.807, 2.05) is 49.5 Å². The predicted octanol–water partition coefficient (Wildman–Crippen LogP) is 5.98. The number of rotatable bonds is 4. The van der Waals surface area contributed by atoms with Crippen molar-refractivity contribution in [3.8, 4) is 17.0 Å². The average Bonchev–Trinajstić information content (AvgIpc) is 2.85. The fourth-order valence-corrected chi connectivity index (χ4v) is 3.29. The number of ether oxygens (including phenoxy) is 1. The van der Waals surface area contributed by atoms with Crippen molar-refractivity contribution in [2.75, 3.05) is 0 Å². The molecular weight excluding hydrogens is 406 g/mol. The zero-order chi connectivity index (χ0) is 18.0. The lowest BCUT2D eigenvalue weighted by atomic mass is 10.1. The third kappa shape index (κ3) is 3.89. The van der Waals surface area contributed by atoms with Crippen LogP contribution < -0.4 is 4.74 Å². The highest BCUT2D eigenvalue weighted by Gasteiger charge is 2.20. The highest BCUT2D eigenvalue weighted by molar-refractivity contribution is 9.10. The molecule has 128 valence electrons. The van der Waals surface area contributed by atoms with Gasteiger partial charge in [-0.25, -0.2) is 4.79 Å². The van der Waals surface area contributed by atoms with Crippen molar-refractivity contribution in [2.24, 2.45) is 0 Å². The number of aromatic nitrogens is 1. The highest BCUT2D eigenvalue weighted by atomic mass is 79.9. The van der Waals surface area contributed by atoms with E-state index in [0.717, 1.165) is 26.7 Å². The maximum Gasteiger partial charge on any atom is 0.512 e. The van der Waals surface area contributed by atoms with Crippen molar-refractivity contribution >= 4 is 33.7 Å². The molecule has 1 heterocycles. The fourth-order valence-electron chi connectivity index (χ4n) is 2.76. The second-order valence-corrected chi connectivity index (χ2v) is 6.88. The molecule has 0 aliphatic rings. The van der Waals surface area contributed by atoms with Gasteiger partial charge in [-0.05, 0) is 41.8 Å². The van der Waals surface area contributed by atoms with Gasteiger partial charge in [0.1, 0.15) is 0 Å². The Morgan fingerprint density at radius 3 is 2.52 bits per heavy atom. The van der Waals surface area contributed by atoms with Gasteiger partial charge in [0.25, 0.3) is 0 Å². The summed E-state index contributed by atoms with van der Waals surface area (Å²) in [6.07, 6.45) is 0.545. The topological polar surface area (TPSA) is 51.5 Å². The molecule has 3 rings (SSSR count). The van der Waals surface area contributed by atoms with E-state index in [4.69, 9.17) is 16.3 Å². The molecule has 0 unspecified atom stereocenters. The number of nitrogens with zero attached hydrogens (tertiary/aromatic N) is 1. The quantitative estimate of drug-likeness (QED) is 0.528. The van der Waals surface area contributed by atoms with Crippen LogP contribution in [0.3, 0.4) is 0 Å². The first-order valence-electron chi connectivity index (χ1n) is 7.55. The van der Waals surface area contributed by atoms with Gasteiger partial charge in [-0.1, -0.05) is 57.9 Å². The Balaban J connectivity index is 2.10. The van der Waals surface area contributed by atoms with Gasteiger partial charge in [-0.15, -0.1) is 0 Å². The molecule has 0 saturated carbocycles. The van der Waals surface area contributed by atoms with Gasteiger partial charge in [-0.2, -0.15) is 0 Å². The molecule has 0 aliphatic carbocycles. The summed E-state index contributed by atoms with van der Waals surface area (Å²) in [4.78, 5) is 11.2. The number of hydrogen-bond donors (Lipinski definition) is 1. The van der Waals surface area contributed by atoms with Crippen molar-refractivity contribution in [1.82, 2.24) is 4.57 Å². The molecule has 0 bridgehead atoms. The molecule has 0 saturated heterocycles. The molecule has 0 fully saturated rings. The first-order valence-corrected chi connectivity index (χ1v) is 8.72. The van der Waals surface area contributed by atoms with Gasteiger partial charge in [0.15, 0.2) is 0 Å². The van der Waals surface area contributed by atoms with Crippen LogP contribution in [-0.2, 0) is 6.54 Å². The zero-order valence-corrected chi connectivity index (χ0v) is 15.7. The third-order valence-electron chi connectivity index (χ3n) is 3.83. The minimum atomic E-state index is -1.35. The molecule has 0 radical (unpaired) electrons. The molecule has 1 aromatic heterocycles. The number of halogens is 2. The molecule has 0 atom stereocenters. The molecule has 1 N–H and O–H groups in total. The Morgan fingerprint density at radius 1 is 1.20 bits per heavy atom. The van der Waals surface area contributed by atoms with Gasteiger partial charge in [-0.3, -0.25) is 0 Å². The fraction of sp³-hybridized carbons (Fsp3) is 0.105. The third-order valence-corrected chi connectivity index (χ3v) is 4.86. The summed E-state index contributed by atoms with van der Waals surface area (Å²) in [5.74, 6) is 0.295. The normalized spacial score (nSPS) is 10.7. The lowest BCUT2D eigenvalue weighted by molar-refractivity contribution is 0.141. The molecule has 0 aliphatic heterocycles. The Bertz CT molecular complexity index is 919. The number of carbonyl (C=O) groups is 1. The molecule has 3 aromatic rings. The number of aryl methyl sites for hydroxylation is 1. The van der Waals surface area contributed by atoms with Crippen LogP contribution in [0.15, 0.2) is 59.2 Å². The van der Waals surface area contributed by atoms with Crippen LogP contribution in [0, 0.1) is 6.92 Å². The maximum absolute atomic E-state index is 11.2. The Kier molecular flexibility index (Phi) is 5.16. The number of carboxylic acid groups (broad SMARTS) is 1. The van der Waals surface area contributed by atoms with E-state index in [1.54, 1.807) is 16.7 Å². The summed E-state index contributed by atoms with van der Waals surface area (Å²) < 4.78 is 7.88. The second-order valence-electron chi connectivity index (χ2n) is 5.59. The van der Waals surface area contributed by atoms with Crippen LogP contribution in [0.1, 0.15) is 11.1 Å². The molecule has 0 spiro atoms. The van der Waals surface area contributed by atoms with Gasteiger partial charge >= 0.3 is 6.16 Å².